The number of carbonyl (C=O) groups excluding carboxylic acids is 4. The number of nitrogens with one attached hydrogen (secondary N) is 4. The first-order valence-corrected chi connectivity index (χ1v) is 22.8. The molecule has 5 aliphatic rings. The van der Waals surface area contributed by atoms with E-state index in [0.29, 0.717) is 99.2 Å². The van der Waals surface area contributed by atoms with E-state index in [9.17, 15) is 19.2 Å². The highest BCUT2D eigenvalue weighted by Gasteiger charge is 2.57. The van der Waals surface area contributed by atoms with Crippen molar-refractivity contribution in [2.45, 2.75) is 82.1 Å². The van der Waals surface area contributed by atoms with E-state index in [1.807, 2.05) is 41.3 Å². The number of hydrogen-bond acceptors (Lipinski definition) is 10. The molecule has 18 heteroatoms. The Balaban J connectivity index is 0.905. The molecule has 4 aliphatic heterocycles. The van der Waals surface area contributed by atoms with Crippen LogP contribution in [0.15, 0.2) is 36.4 Å². The number of H-pyrrole nitrogens is 2. The van der Waals surface area contributed by atoms with Gasteiger partial charge in [-0.3, -0.25) is 9.59 Å². The summed E-state index contributed by atoms with van der Waals surface area (Å²) >= 11 is 13.5. The Hall–Kier alpha value is -5.34. The zero-order valence-electron chi connectivity index (χ0n) is 36.0. The van der Waals surface area contributed by atoms with Crippen molar-refractivity contribution >= 4 is 58.0 Å². The Morgan fingerprint density at radius 1 is 0.781 bits per heavy atom. The Morgan fingerprint density at radius 3 is 2.08 bits per heavy atom. The molecule has 1 aliphatic carbocycles. The molecule has 6 heterocycles. The van der Waals surface area contributed by atoms with Crippen LogP contribution in [0, 0.1) is 35.5 Å². The van der Waals surface area contributed by atoms with Crippen molar-refractivity contribution in [1.29, 1.82) is 0 Å². The Morgan fingerprint density at radius 2 is 1.41 bits per heavy atom. The second kappa shape index (κ2) is 18.6. The molecular weight excluding hydrogens is 863 g/mol. The van der Waals surface area contributed by atoms with Crippen molar-refractivity contribution in [3.05, 3.63) is 69.6 Å². The largest absolute Gasteiger partial charge is 0.453 e. The molecule has 4 saturated heterocycles. The molecule has 338 valence electrons. The number of halogens is 2. The number of aromatic amines is 2. The molecule has 2 aromatic heterocycles. The molecule has 5 fully saturated rings. The topological polar surface area (TPSA) is 193 Å². The second-order valence-electron chi connectivity index (χ2n) is 17.6. The molecule has 9 rings (SSSR count). The molecule has 0 bridgehead atoms. The molecule has 4 amide bonds. The number of likely N-dealkylation sites (tertiary alicyclic amines) is 2. The maximum absolute atomic E-state index is 14.3. The molecular formula is C46H52Cl2N8O8. The highest BCUT2D eigenvalue weighted by molar-refractivity contribution is 6.32. The summed E-state index contributed by atoms with van der Waals surface area (Å²) in [5, 5.41) is 8.13. The van der Waals surface area contributed by atoms with E-state index in [-0.39, 0.29) is 52.8 Å². The summed E-state index contributed by atoms with van der Waals surface area (Å²) in [7, 11) is 2.59. The smallest absolute Gasteiger partial charge is 0.407 e. The van der Waals surface area contributed by atoms with Gasteiger partial charge in [-0.15, -0.1) is 0 Å². The van der Waals surface area contributed by atoms with Crippen LogP contribution in [0.1, 0.15) is 86.9 Å². The zero-order valence-corrected chi connectivity index (χ0v) is 37.5. The SMILES string of the molecule is COC(=O)N[C@H](C(=O)N1C[C@H](C)C[C@H]1c1nc(Cl)c(C#Cc2ccc3cc(-c4nc([C@@H]5CC6C[C@H]6N5C(=O)[C@@H](NC(=O)OC)C5CCOCC5)[nH]c4Cl)ccc3c2)[nH]1)C1CCOCC1. The van der Waals surface area contributed by atoms with E-state index >= 15 is 0 Å². The quantitative estimate of drug-likeness (QED) is 0.134. The average Bonchev–Trinajstić information content (AvgIpc) is 3.61. The molecule has 4 N–H and O–H groups in total. The number of ether oxygens (including phenoxy) is 4. The van der Waals surface area contributed by atoms with Crippen LogP contribution in [0.25, 0.3) is 22.0 Å². The molecule has 7 atom stereocenters. The van der Waals surface area contributed by atoms with Crippen LogP contribution in [-0.2, 0) is 28.5 Å². The van der Waals surface area contributed by atoms with Gasteiger partial charge in [0.1, 0.15) is 40.3 Å². The zero-order chi connectivity index (χ0) is 44.6. The average molecular weight is 916 g/mol. The number of fused-ring (bicyclic) bond motifs is 2. The van der Waals surface area contributed by atoms with Crippen LogP contribution >= 0.6 is 23.2 Å². The number of nitrogens with zero attached hydrogens (tertiary/aromatic N) is 4. The fraction of sp³-hybridized carbons (Fsp3) is 0.522. The van der Waals surface area contributed by atoms with E-state index in [0.717, 1.165) is 34.7 Å². The summed E-state index contributed by atoms with van der Waals surface area (Å²) in [6.07, 6.45) is 3.71. The third-order valence-corrected chi connectivity index (χ3v) is 14.1. The first-order valence-electron chi connectivity index (χ1n) is 22.0. The summed E-state index contributed by atoms with van der Waals surface area (Å²) < 4.78 is 20.9. The second-order valence-corrected chi connectivity index (χ2v) is 18.4. The standard InChI is InChI=1S/C46H52Cl2N8O8/c1-24-18-34(55(23-24)43(57)37(51-45(59)61-2)26-10-14-63-15-11-26)41-49-32(39(47)53-41)9-5-25-4-6-29-20-30(8-7-28(29)19-25)36-40(48)54-42(50-36)35-22-31-21-33(31)56(35)44(58)38(52-46(60)62-3)27-12-16-64-17-13-27/h4,6-8,19-20,24,26-27,31,33-35,37-38H,10-18,21-23H2,1-3H3,(H,49,53)(H,50,54)(H,51,59)(H,52,60)/t24-,31?,33-,34+,35+,37+,38+/m1/s1. The van der Waals surface area contributed by atoms with Gasteiger partial charge in [0.2, 0.25) is 11.8 Å². The monoisotopic (exact) mass is 914 g/mol. The van der Waals surface area contributed by atoms with Crippen molar-refractivity contribution in [2.75, 3.05) is 47.2 Å². The Kier molecular flexibility index (Phi) is 12.8. The fourth-order valence-electron chi connectivity index (χ4n) is 10.1. The number of piperidine rings is 1. The Labute approximate surface area is 380 Å². The summed E-state index contributed by atoms with van der Waals surface area (Å²) in [5.74, 6) is 7.63. The molecule has 0 radical (unpaired) electrons. The maximum Gasteiger partial charge on any atom is 0.407 e. The molecule has 16 nitrogen and oxygen atoms in total. The number of imidazole rings is 2. The van der Waals surface area contributed by atoms with Gasteiger partial charge in [0.25, 0.3) is 0 Å². The van der Waals surface area contributed by atoms with Gasteiger partial charge < -0.3 is 49.3 Å². The van der Waals surface area contributed by atoms with Crippen LogP contribution < -0.4 is 10.6 Å². The summed E-state index contributed by atoms with van der Waals surface area (Å²) in [4.78, 5) is 73.0. The number of aromatic nitrogens is 4. The highest BCUT2D eigenvalue weighted by atomic mass is 35.5. The minimum Gasteiger partial charge on any atom is -0.453 e. The maximum atomic E-state index is 14.3. The van der Waals surface area contributed by atoms with Crippen LogP contribution in [-0.4, -0.2) is 119 Å². The van der Waals surface area contributed by atoms with E-state index < -0.39 is 24.3 Å². The van der Waals surface area contributed by atoms with Gasteiger partial charge in [0, 0.05) is 50.1 Å². The molecule has 1 unspecified atom stereocenters. The number of benzene rings is 2. The first kappa shape index (κ1) is 43.9. The van der Waals surface area contributed by atoms with Crippen LogP contribution in [0.4, 0.5) is 9.59 Å². The molecule has 64 heavy (non-hydrogen) atoms. The van der Waals surface area contributed by atoms with Crippen molar-refractivity contribution in [3.8, 4) is 23.1 Å². The number of carbonyl (C=O) groups is 4. The van der Waals surface area contributed by atoms with Gasteiger partial charge in [-0.2, -0.15) is 0 Å². The van der Waals surface area contributed by atoms with Crippen molar-refractivity contribution in [2.24, 2.45) is 23.7 Å². The van der Waals surface area contributed by atoms with Gasteiger partial charge in [0.15, 0.2) is 5.15 Å². The van der Waals surface area contributed by atoms with Crippen LogP contribution in [0.3, 0.4) is 0 Å². The predicted molar refractivity (Wildman–Crippen MR) is 236 cm³/mol. The van der Waals surface area contributed by atoms with Crippen molar-refractivity contribution < 1.29 is 38.1 Å². The minimum atomic E-state index is -0.753. The number of rotatable bonds is 9. The van der Waals surface area contributed by atoms with E-state index in [1.165, 1.54) is 14.2 Å². The molecule has 4 aromatic rings. The van der Waals surface area contributed by atoms with Crippen LogP contribution in [0.2, 0.25) is 10.3 Å². The first-order chi connectivity index (χ1) is 31.0. The lowest BCUT2D eigenvalue weighted by atomic mass is 9.90. The summed E-state index contributed by atoms with van der Waals surface area (Å²) in [6.45, 7) is 4.71. The fourth-order valence-corrected chi connectivity index (χ4v) is 10.5. The van der Waals surface area contributed by atoms with Gasteiger partial charge >= 0.3 is 12.2 Å². The van der Waals surface area contributed by atoms with Gasteiger partial charge in [-0.05, 0) is 104 Å². The minimum absolute atomic E-state index is 0.0637. The lowest BCUT2D eigenvalue weighted by molar-refractivity contribution is -0.138. The molecule has 0 spiro atoms. The lowest BCUT2D eigenvalue weighted by Gasteiger charge is -2.35. The number of alkyl carbamates (subject to hydrolysis) is 2. The lowest BCUT2D eigenvalue weighted by Crippen LogP contribution is -2.54. The van der Waals surface area contributed by atoms with E-state index in [1.54, 1.807) is 4.90 Å². The van der Waals surface area contributed by atoms with Gasteiger partial charge in [0.05, 0.1) is 26.3 Å². The predicted octanol–water partition coefficient (Wildman–Crippen LogP) is 6.53. The van der Waals surface area contributed by atoms with Crippen molar-refractivity contribution in [1.82, 2.24) is 40.4 Å². The molecule has 2 aromatic carbocycles. The molecule has 1 saturated carbocycles. The third kappa shape index (κ3) is 9.00. The highest BCUT2D eigenvalue weighted by Crippen LogP contribution is 2.54. The van der Waals surface area contributed by atoms with E-state index in [2.05, 4.69) is 44.4 Å². The number of hydrogen-bond donors (Lipinski definition) is 4. The van der Waals surface area contributed by atoms with Gasteiger partial charge in [-0.25, -0.2) is 19.6 Å². The third-order valence-electron chi connectivity index (χ3n) is 13.5. The van der Waals surface area contributed by atoms with Gasteiger partial charge in [-0.1, -0.05) is 54.2 Å². The number of methoxy groups -OCH3 is 2. The number of amides is 4. The van der Waals surface area contributed by atoms with Crippen molar-refractivity contribution in [3.63, 3.8) is 0 Å². The summed E-state index contributed by atoms with van der Waals surface area (Å²) in [5.41, 5.74) is 2.61. The Bertz CT molecular complexity index is 2490. The van der Waals surface area contributed by atoms with Crippen LogP contribution in [0.5, 0.6) is 0 Å². The van der Waals surface area contributed by atoms with E-state index in [4.69, 9.17) is 47.1 Å². The summed E-state index contributed by atoms with van der Waals surface area (Å²) in [6, 6.07) is 9.81. The normalized spacial score (nSPS) is 24.4.